The number of halogens is 1. The fraction of sp³-hybridized carbons (Fsp3) is 0.375. The average Bonchev–Trinajstić information content (AvgIpc) is 3.80. The summed E-state index contributed by atoms with van der Waals surface area (Å²) in [6.45, 7) is 7.34. The van der Waals surface area contributed by atoms with Crippen LogP contribution in [0, 0.1) is 13.8 Å². The summed E-state index contributed by atoms with van der Waals surface area (Å²) in [5, 5.41) is 12.3. The van der Waals surface area contributed by atoms with Crippen LogP contribution in [-0.2, 0) is 23.9 Å². The predicted octanol–water partition coefficient (Wildman–Crippen LogP) is 3.78. The van der Waals surface area contributed by atoms with Crippen molar-refractivity contribution < 1.29 is 38.2 Å². The van der Waals surface area contributed by atoms with Crippen LogP contribution in [0.25, 0.3) is 0 Å². The van der Waals surface area contributed by atoms with Crippen molar-refractivity contribution in [2.45, 2.75) is 39.2 Å². The molecule has 0 bridgehead atoms. The highest BCUT2D eigenvalue weighted by Gasteiger charge is 2.45. The minimum Gasteiger partial charge on any atom is -0.382 e. The third-order valence-electron chi connectivity index (χ3n) is 10.1. The molecule has 0 radical (unpaired) electrons. The molecular weight excluding hydrogens is 816 g/mol. The lowest BCUT2D eigenvalue weighted by Gasteiger charge is -2.35. The number of aromatic nitrogens is 3. The molecule has 6 amide bonds. The van der Waals surface area contributed by atoms with Gasteiger partial charge in [0.2, 0.25) is 17.7 Å². The molecule has 2 aromatic heterocycles. The van der Waals surface area contributed by atoms with Crippen LogP contribution in [0.2, 0.25) is 5.02 Å². The molecule has 2 aromatic carbocycles. The lowest BCUT2D eigenvalue weighted by Crippen LogP contribution is -2.54. The Hall–Kier alpha value is -6.02. The summed E-state index contributed by atoms with van der Waals surface area (Å²) in [5.74, 6) is -0.758. The van der Waals surface area contributed by atoms with Gasteiger partial charge in [-0.25, -0.2) is 15.0 Å². The van der Waals surface area contributed by atoms with Crippen LogP contribution in [0.3, 0.4) is 0 Å². The Labute approximate surface area is 354 Å². The first-order valence-corrected chi connectivity index (χ1v) is 20.6. The number of nitrogens with one attached hydrogen (secondary N) is 4. The van der Waals surface area contributed by atoms with Crippen LogP contribution in [0.4, 0.5) is 28.1 Å². The molecule has 1 unspecified atom stereocenters. The maximum absolute atomic E-state index is 13.3. The quantitative estimate of drug-likeness (QED) is 0.0932. The maximum Gasteiger partial charge on any atom is 0.267 e. The van der Waals surface area contributed by atoms with Gasteiger partial charge in [0.15, 0.2) is 5.13 Å². The standard InChI is InChI=1S/C40H43ClN10O8S/c1-23-5-3-7-26(41)35(23)48-37(55)29-22-43-40(60-29)46-30-21-31(45-24(2)44-30)49-13-15-50(16-14-49)33(53)11-17-58-19-20-59-18-12-42-27-8-4-6-25-34(27)39(57)51(38(25)56)28-9-10-32(52)47-36(28)54/h3-8,21-22,28,42H,9-20H2,1-2H3,(H,48,55)(H,47,52,54)(H,43,44,45,46). The average molecular weight is 859 g/mol. The van der Waals surface area contributed by atoms with E-state index in [2.05, 4.69) is 41.1 Å². The van der Waals surface area contributed by atoms with Crippen molar-refractivity contribution in [3.05, 3.63) is 81.1 Å². The Morgan fingerprint density at radius 2 is 1.72 bits per heavy atom. The highest BCUT2D eigenvalue weighted by atomic mass is 35.5. The predicted molar refractivity (Wildman–Crippen MR) is 223 cm³/mol. The summed E-state index contributed by atoms with van der Waals surface area (Å²) in [7, 11) is 0. The summed E-state index contributed by atoms with van der Waals surface area (Å²) in [6, 6.07) is 11.1. The first kappa shape index (κ1) is 42.1. The zero-order valence-electron chi connectivity index (χ0n) is 32.9. The van der Waals surface area contributed by atoms with Crippen LogP contribution < -0.4 is 26.2 Å². The van der Waals surface area contributed by atoms with E-state index in [1.807, 2.05) is 30.0 Å². The summed E-state index contributed by atoms with van der Waals surface area (Å²) < 4.78 is 11.3. The van der Waals surface area contributed by atoms with Gasteiger partial charge in [0.25, 0.3) is 17.7 Å². The number of carbonyl (C=O) groups is 6. The van der Waals surface area contributed by atoms with E-state index in [9.17, 15) is 28.8 Å². The van der Waals surface area contributed by atoms with Crippen molar-refractivity contribution >= 4 is 86.5 Å². The summed E-state index contributed by atoms with van der Waals surface area (Å²) in [6.07, 6.45) is 1.86. The van der Waals surface area contributed by atoms with E-state index < -0.39 is 29.7 Å². The maximum atomic E-state index is 13.3. The van der Waals surface area contributed by atoms with E-state index >= 15 is 0 Å². The number of benzene rings is 2. The summed E-state index contributed by atoms with van der Waals surface area (Å²) in [5.41, 5.74) is 2.24. The number of piperidine rings is 1. The number of anilines is 5. The zero-order chi connectivity index (χ0) is 42.3. The van der Waals surface area contributed by atoms with Crippen LogP contribution in [0.15, 0.2) is 48.7 Å². The molecule has 4 aromatic rings. The Bertz CT molecular complexity index is 2300. The van der Waals surface area contributed by atoms with E-state index in [-0.39, 0.29) is 62.0 Å². The molecule has 2 fully saturated rings. The molecule has 1 atom stereocenters. The van der Waals surface area contributed by atoms with Gasteiger partial charge >= 0.3 is 0 Å². The van der Waals surface area contributed by atoms with Gasteiger partial charge in [-0.15, -0.1) is 0 Å². The number of aryl methyl sites for hydroxylation is 2. The van der Waals surface area contributed by atoms with Crippen molar-refractivity contribution in [3.63, 3.8) is 0 Å². The summed E-state index contributed by atoms with van der Waals surface area (Å²) >= 11 is 7.46. The Morgan fingerprint density at radius 3 is 2.48 bits per heavy atom. The number of hydrogen-bond acceptors (Lipinski definition) is 15. The molecular formula is C40H43ClN10O8S. The van der Waals surface area contributed by atoms with E-state index in [0.717, 1.165) is 10.5 Å². The molecule has 20 heteroatoms. The second-order valence-electron chi connectivity index (χ2n) is 14.1. The Balaban J connectivity index is 0.785. The van der Waals surface area contributed by atoms with Gasteiger partial charge in [0.1, 0.15) is 28.4 Å². The fourth-order valence-electron chi connectivity index (χ4n) is 7.03. The highest BCUT2D eigenvalue weighted by molar-refractivity contribution is 7.17. The number of thiazole rings is 1. The lowest BCUT2D eigenvalue weighted by atomic mass is 10.0. The number of amides is 6. The van der Waals surface area contributed by atoms with Crippen molar-refractivity contribution in [2.24, 2.45) is 0 Å². The van der Waals surface area contributed by atoms with E-state index in [1.165, 1.54) is 23.6 Å². The van der Waals surface area contributed by atoms with E-state index in [0.29, 0.717) is 83.2 Å². The van der Waals surface area contributed by atoms with Gasteiger partial charge in [0.05, 0.1) is 60.9 Å². The molecule has 2 saturated heterocycles. The van der Waals surface area contributed by atoms with E-state index in [1.54, 1.807) is 25.1 Å². The number of para-hydroxylation sites is 1. The highest BCUT2D eigenvalue weighted by Crippen LogP contribution is 2.33. The van der Waals surface area contributed by atoms with Crippen molar-refractivity contribution in [1.82, 2.24) is 30.1 Å². The number of hydrogen-bond donors (Lipinski definition) is 4. The topological polar surface area (TPSA) is 217 Å². The second-order valence-corrected chi connectivity index (χ2v) is 15.6. The number of imide groups is 2. The Kier molecular flexibility index (Phi) is 13.3. The summed E-state index contributed by atoms with van der Waals surface area (Å²) in [4.78, 5) is 94.8. The normalized spacial score (nSPS) is 16.5. The molecule has 4 N–H and O–H groups in total. The number of fused-ring (bicyclic) bond motifs is 1. The van der Waals surface area contributed by atoms with Crippen LogP contribution in [-0.4, -0.2) is 125 Å². The molecule has 7 rings (SSSR count). The number of nitrogens with zero attached hydrogens (tertiary/aromatic N) is 6. The van der Waals surface area contributed by atoms with Gasteiger partial charge in [-0.1, -0.05) is 41.1 Å². The number of ether oxygens (including phenoxy) is 2. The third-order valence-corrected chi connectivity index (χ3v) is 11.3. The van der Waals surface area contributed by atoms with Crippen molar-refractivity contribution in [3.8, 4) is 0 Å². The first-order valence-electron chi connectivity index (χ1n) is 19.4. The van der Waals surface area contributed by atoms with Crippen LogP contribution in [0.1, 0.15) is 61.0 Å². The van der Waals surface area contributed by atoms with Crippen LogP contribution >= 0.6 is 22.9 Å². The Morgan fingerprint density at radius 1 is 0.950 bits per heavy atom. The molecule has 3 aliphatic heterocycles. The zero-order valence-corrected chi connectivity index (χ0v) is 34.5. The molecule has 5 heterocycles. The van der Waals surface area contributed by atoms with Gasteiger partial charge in [-0.3, -0.25) is 39.0 Å². The number of carbonyl (C=O) groups excluding carboxylic acids is 6. The van der Waals surface area contributed by atoms with Gasteiger partial charge in [0, 0.05) is 50.9 Å². The molecule has 60 heavy (non-hydrogen) atoms. The minimum absolute atomic E-state index is 0.00566. The molecule has 0 saturated carbocycles. The second kappa shape index (κ2) is 18.9. The van der Waals surface area contributed by atoms with Gasteiger partial charge in [-0.2, -0.15) is 0 Å². The van der Waals surface area contributed by atoms with Crippen LogP contribution in [0.5, 0.6) is 0 Å². The molecule has 314 valence electrons. The third kappa shape index (κ3) is 9.71. The molecule has 0 aliphatic carbocycles. The van der Waals surface area contributed by atoms with Crippen molar-refractivity contribution in [2.75, 3.05) is 80.0 Å². The number of rotatable bonds is 16. The van der Waals surface area contributed by atoms with Crippen molar-refractivity contribution in [1.29, 1.82) is 0 Å². The van der Waals surface area contributed by atoms with Gasteiger partial charge < -0.3 is 35.2 Å². The largest absolute Gasteiger partial charge is 0.382 e. The monoisotopic (exact) mass is 858 g/mol. The molecule has 0 spiro atoms. The SMILES string of the molecule is Cc1nc(Nc2ncc(C(=O)Nc3c(C)cccc3Cl)s2)cc(N2CCN(C(=O)CCOCCOCCNc3cccc4c3C(=O)N(C3CCC(=O)NC3=O)C4=O)CC2)n1. The smallest absolute Gasteiger partial charge is 0.267 e. The molecule has 3 aliphatic rings. The first-order chi connectivity index (χ1) is 29.0. The molecule has 18 nitrogen and oxygen atoms in total. The van der Waals surface area contributed by atoms with Gasteiger partial charge in [-0.05, 0) is 44.0 Å². The lowest BCUT2D eigenvalue weighted by molar-refractivity contribution is -0.136. The number of piperazine rings is 1. The van der Waals surface area contributed by atoms with E-state index in [4.69, 9.17) is 21.1 Å². The fourth-order valence-corrected chi connectivity index (χ4v) is 8.02. The minimum atomic E-state index is -1.04.